The minimum absolute atomic E-state index is 0. The second-order valence-corrected chi connectivity index (χ2v) is 5.05. The zero-order valence-corrected chi connectivity index (χ0v) is 11.2. The van der Waals surface area contributed by atoms with Gasteiger partial charge in [0.2, 0.25) is 0 Å². The van der Waals surface area contributed by atoms with Crippen LogP contribution in [0, 0.1) is 0 Å². The van der Waals surface area contributed by atoms with Crippen LogP contribution in [0.1, 0.15) is 22.6 Å². The molecular weight excluding hydrogens is 279 g/mol. The fourth-order valence-corrected chi connectivity index (χ4v) is 3.00. The van der Waals surface area contributed by atoms with E-state index in [0.717, 1.165) is 24.7 Å². The summed E-state index contributed by atoms with van der Waals surface area (Å²) in [6.45, 7) is 1.62. The molecule has 106 valence electrons. The van der Waals surface area contributed by atoms with Gasteiger partial charge in [0.05, 0.1) is 18.3 Å². The molecule has 0 bridgehead atoms. The lowest BCUT2D eigenvalue weighted by Gasteiger charge is -2.29. The predicted octanol–water partition coefficient (Wildman–Crippen LogP) is 3.06. The van der Waals surface area contributed by atoms with Gasteiger partial charge >= 0.3 is 6.18 Å². The first-order chi connectivity index (χ1) is 8.47. The van der Waals surface area contributed by atoms with Crippen LogP contribution in [0.15, 0.2) is 18.2 Å². The third-order valence-electron chi connectivity index (χ3n) is 3.81. The summed E-state index contributed by atoms with van der Waals surface area (Å²) in [4.78, 5) is 2.10. The number of alkyl halides is 3. The van der Waals surface area contributed by atoms with Gasteiger partial charge < -0.3 is 9.64 Å². The van der Waals surface area contributed by atoms with E-state index in [9.17, 15) is 13.2 Å². The van der Waals surface area contributed by atoms with Crippen LogP contribution in [0.25, 0.3) is 0 Å². The van der Waals surface area contributed by atoms with E-state index in [1.54, 1.807) is 0 Å². The van der Waals surface area contributed by atoms with Crippen LogP contribution in [0.2, 0.25) is 0 Å². The Balaban J connectivity index is 0.00000133. The Morgan fingerprint density at radius 1 is 1.26 bits per heavy atom. The van der Waals surface area contributed by atoms with Crippen LogP contribution in [-0.4, -0.2) is 31.1 Å². The van der Waals surface area contributed by atoms with Crippen molar-refractivity contribution in [3.8, 4) is 0 Å². The van der Waals surface area contributed by atoms with Crippen LogP contribution in [0.5, 0.6) is 0 Å². The number of benzene rings is 1. The van der Waals surface area contributed by atoms with Gasteiger partial charge in [-0.15, -0.1) is 12.4 Å². The molecule has 0 N–H and O–H groups in total. The number of hydrogen-bond acceptors (Lipinski definition) is 2. The van der Waals surface area contributed by atoms with E-state index in [2.05, 4.69) is 4.90 Å². The zero-order valence-electron chi connectivity index (χ0n) is 10.4. The van der Waals surface area contributed by atoms with E-state index in [-0.39, 0.29) is 31.0 Å². The molecule has 2 aliphatic rings. The van der Waals surface area contributed by atoms with Crippen molar-refractivity contribution < 1.29 is 17.9 Å². The highest BCUT2D eigenvalue weighted by Crippen LogP contribution is 2.41. The Labute approximate surface area is 115 Å². The number of fused-ring (bicyclic) bond motifs is 3. The molecule has 2 atom stereocenters. The molecule has 0 amide bonds. The molecule has 0 aromatic heterocycles. The largest absolute Gasteiger partial charge is 0.416 e. The Bertz CT molecular complexity index is 477. The van der Waals surface area contributed by atoms with Crippen LogP contribution in [0.3, 0.4) is 0 Å². The van der Waals surface area contributed by atoms with Gasteiger partial charge in [0.25, 0.3) is 0 Å². The number of halogens is 4. The molecule has 0 radical (unpaired) electrons. The molecule has 1 saturated heterocycles. The van der Waals surface area contributed by atoms with Gasteiger partial charge in [0.1, 0.15) is 0 Å². The second kappa shape index (κ2) is 4.96. The summed E-state index contributed by atoms with van der Waals surface area (Å²) in [5.41, 5.74) is 0.583. The van der Waals surface area contributed by atoms with Crippen molar-refractivity contribution >= 4 is 12.4 Å². The van der Waals surface area contributed by atoms with Gasteiger partial charge in [-0.25, -0.2) is 0 Å². The number of rotatable bonds is 0. The van der Waals surface area contributed by atoms with E-state index >= 15 is 0 Å². The molecule has 0 aliphatic carbocycles. The van der Waals surface area contributed by atoms with Crippen LogP contribution >= 0.6 is 12.4 Å². The highest BCUT2D eigenvalue weighted by atomic mass is 35.5. The number of nitrogens with zero attached hydrogens (tertiary/aromatic N) is 1. The van der Waals surface area contributed by atoms with Crippen LogP contribution in [0.4, 0.5) is 13.2 Å². The molecule has 0 spiro atoms. The molecule has 6 heteroatoms. The van der Waals surface area contributed by atoms with Crippen LogP contribution < -0.4 is 0 Å². The standard InChI is InChI=1S/C13H14F3NO.ClH/c1-17-5-9-8-3-2-4-11(13(14,15)16)10(8)7-18-12(9)6-17;/h2-4,9,12H,5-7H2,1H3;1H/t9-,12-;/m0./s1. The summed E-state index contributed by atoms with van der Waals surface area (Å²) in [7, 11) is 1.97. The molecule has 1 aromatic rings. The molecule has 1 fully saturated rings. The highest BCUT2D eigenvalue weighted by molar-refractivity contribution is 5.85. The monoisotopic (exact) mass is 293 g/mol. The first kappa shape index (κ1) is 14.6. The molecule has 19 heavy (non-hydrogen) atoms. The maximum absolute atomic E-state index is 12.9. The minimum atomic E-state index is -4.30. The molecule has 2 aliphatic heterocycles. The van der Waals surface area contributed by atoms with Gasteiger partial charge in [-0.3, -0.25) is 0 Å². The van der Waals surface area contributed by atoms with E-state index in [4.69, 9.17) is 4.74 Å². The minimum Gasteiger partial charge on any atom is -0.371 e. The molecular formula is C13H15ClF3NO. The molecule has 3 rings (SSSR count). The van der Waals surface area contributed by atoms with Crippen molar-refractivity contribution in [2.75, 3.05) is 20.1 Å². The third-order valence-corrected chi connectivity index (χ3v) is 3.81. The molecule has 2 heterocycles. The fourth-order valence-electron chi connectivity index (χ4n) is 3.00. The molecule has 0 unspecified atom stereocenters. The maximum Gasteiger partial charge on any atom is 0.416 e. The number of hydrogen-bond donors (Lipinski definition) is 0. The summed E-state index contributed by atoms with van der Waals surface area (Å²) in [5.74, 6) is 0.0704. The average molecular weight is 294 g/mol. The van der Waals surface area contributed by atoms with Gasteiger partial charge in [-0.05, 0) is 24.2 Å². The summed E-state index contributed by atoms with van der Waals surface area (Å²) >= 11 is 0. The topological polar surface area (TPSA) is 12.5 Å². The lowest BCUT2D eigenvalue weighted by Crippen LogP contribution is -2.28. The van der Waals surface area contributed by atoms with Crippen molar-refractivity contribution in [2.45, 2.75) is 24.8 Å². The van der Waals surface area contributed by atoms with Gasteiger partial charge in [0.15, 0.2) is 0 Å². The Hall–Kier alpha value is -0.780. The Kier molecular flexibility index (Phi) is 3.82. The first-order valence-electron chi connectivity index (χ1n) is 5.96. The fraction of sp³-hybridized carbons (Fsp3) is 0.538. The third kappa shape index (κ3) is 2.47. The lowest BCUT2D eigenvalue weighted by molar-refractivity contribution is -0.139. The number of likely N-dealkylation sites (N-methyl/N-ethyl adjacent to an activating group) is 1. The van der Waals surface area contributed by atoms with E-state index in [0.29, 0.717) is 5.56 Å². The lowest BCUT2D eigenvalue weighted by atomic mass is 9.87. The van der Waals surface area contributed by atoms with E-state index in [1.807, 2.05) is 13.1 Å². The summed E-state index contributed by atoms with van der Waals surface area (Å²) < 4.78 is 44.4. The van der Waals surface area contributed by atoms with E-state index in [1.165, 1.54) is 6.07 Å². The summed E-state index contributed by atoms with van der Waals surface area (Å²) in [5, 5.41) is 0. The van der Waals surface area contributed by atoms with Crippen molar-refractivity contribution in [3.05, 3.63) is 34.9 Å². The quantitative estimate of drug-likeness (QED) is 0.729. The number of likely N-dealkylation sites (tertiary alicyclic amines) is 1. The molecule has 1 aromatic carbocycles. The van der Waals surface area contributed by atoms with Gasteiger partial charge in [-0.1, -0.05) is 12.1 Å². The smallest absolute Gasteiger partial charge is 0.371 e. The van der Waals surface area contributed by atoms with E-state index < -0.39 is 11.7 Å². The van der Waals surface area contributed by atoms with Gasteiger partial charge in [-0.2, -0.15) is 13.2 Å². The first-order valence-corrected chi connectivity index (χ1v) is 5.96. The van der Waals surface area contributed by atoms with Crippen LogP contribution in [-0.2, 0) is 17.5 Å². The van der Waals surface area contributed by atoms with Gasteiger partial charge in [0, 0.05) is 19.0 Å². The SMILES string of the molecule is CN1C[C@@H]2OCc3c(cccc3C(F)(F)F)[C@@H]2C1.Cl. The predicted molar refractivity (Wildman–Crippen MR) is 67.5 cm³/mol. The summed E-state index contributed by atoms with van der Waals surface area (Å²) in [6.07, 6.45) is -4.27. The second-order valence-electron chi connectivity index (χ2n) is 5.05. The van der Waals surface area contributed by atoms with Crippen molar-refractivity contribution in [1.82, 2.24) is 4.90 Å². The molecule has 2 nitrogen and oxygen atoms in total. The zero-order chi connectivity index (χ0) is 12.9. The maximum atomic E-state index is 12.9. The summed E-state index contributed by atoms with van der Waals surface area (Å²) in [6, 6.07) is 4.45. The number of ether oxygens (including phenoxy) is 1. The van der Waals surface area contributed by atoms with Crippen molar-refractivity contribution in [1.29, 1.82) is 0 Å². The average Bonchev–Trinajstić information content (AvgIpc) is 2.67. The Morgan fingerprint density at radius 2 is 2.00 bits per heavy atom. The Morgan fingerprint density at radius 3 is 2.68 bits per heavy atom. The van der Waals surface area contributed by atoms with Crippen molar-refractivity contribution in [2.24, 2.45) is 0 Å². The molecule has 0 saturated carbocycles. The highest BCUT2D eigenvalue weighted by Gasteiger charge is 2.41. The normalized spacial score (nSPS) is 26.5. The van der Waals surface area contributed by atoms with Crippen molar-refractivity contribution in [3.63, 3.8) is 0 Å².